The Balaban J connectivity index is 1.43. The molecule has 6 heteroatoms. The molecule has 4 rings (SSSR count). The molecule has 3 aromatic rings. The summed E-state index contributed by atoms with van der Waals surface area (Å²) in [4.78, 5) is 23.2. The van der Waals surface area contributed by atoms with Crippen LogP contribution in [0.25, 0.3) is 10.8 Å². The van der Waals surface area contributed by atoms with E-state index in [4.69, 9.17) is 4.74 Å². The molecule has 1 fully saturated rings. The van der Waals surface area contributed by atoms with Gasteiger partial charge in [0.2, 0.25) is 11.9 Å². The van der Waals surface area contributed by atoms with Crippen molar-refractivity contribution < 1.29 is 9.53 Å². The Kier molecular flexibility index (Phi) is 4.75. The van der Waals surface area contributed by atoms with Crippen LogP contribution in [0.3, 0.4) is 0 Å². The van der Waals surface area contributed by atoms with Gasteiger partial charge >= 0.3 is 0 Å². The number of fused-ring (bicyclic) bond motifs is 1. The van der Waals surface area contributed by atoms with Gasteiger partial charge in [-0.05, 0) is 16.3 Å². The van der Waals surface area contributed by atoms with Crippen LogP contribution in [0.1, 0.15) is 5.56 Å². The first-order valence-electron chi connectivity index (χ1n) is 8.71. The van der Waals surface area contributed by atoms with Crippen molar-refractivity contribution in [2.75, 3.05) is 36.5 Å². The molecule has 0 spiro atoms. The van der Waals surface area contributed by atoms with Gasteiger partial charge in [-0.15, -0.1) is 0 Å². The molecule has 0 unspecified atom stereocenters. The lowest BCUT2D eigenvalue weighted by Gasteiger charge is -2.26. The number of rotatable bonds is 4. The predicted molar refractivity (Wildman–Crippen MR) is 101 cm³/mol. The van der Waals surface area contributed by atoms with Crippen LogP contribution in [0.2, 0.25) is 0 Å². The van der Waals surface area contributed by atoms with Gasteiger partial charge in [0.25, 0.3) is 0 Å². The van der Waals surface area contributed by atoms with E-state index >= 15 is 0 Å². The Bertz CT molecular complexity index is 900. The number of morpholine rings is 1. The van der Waals surface area contributed by atoms with E-state index in [9.17, 15) is 4.79 Å². The van der Waals surface area contributed by atoms with Crippen LogP contribution in [0, 0.1) is 0 Å². The van der Waals surface area contributed by atoms with Crippen molar-refractivity contribution in [1.82, 2.24) is 9.97 Å². The van der Waals surface area contributed by atoms with Gasteiger partial charge in [-0.25, -0.2) is 9.97 Å². The molecule has 1 aliphatic rings. The molecule has 1 N–H and O–H groups in total. The molecule has 0 aliphatic carbocycles. The zero-order valence-corrected chi connectivity index (χ0v) is 14.4. The van der Waals surface area contributed by atoms with Crippen LogP contribution >= 0.6 is 0 Å². The van der Waals surface area contributed by atoms with Crippen molar-refractivity contribution in [2.45, 2.75) is 6.42 Å². The minimum absolute atomic E-state index is 0.0796. The Hall–Kier alpha value is -2.99. The van der Waals surface area contributed by atoms with E-state index in [1.54, 1.807) is 12.4 Å². The summed E-state index contributed by atoms with van der Waals surface area (Å²) in [6.07, 6.45) is 3.62. The van der Waals surface area contributed by atoms with Crippen molar-refractivity contribution >= 4 is 28.3 Å². The fourth-order valence-corrected chi connectivity index (χ4v) is 3.14. The maximum absolute atomic E-state index is 12.4. The lowest BCUT2D eigenvalue weighted by Crippen LogP contribution is -2.37. The van der Waals surface area contributed by atoms with Gasteiger partial charge in [0, 0.05) is 13.1 Å². The summed E-state index contributed by atoms with van der Waals surface area (Å²) in [5, 5.41) is 5.11. The van der Waals surface area contributed by atoms with Gasteiger partial charge in [0.1, 0.15) is 0 Å². The average Bonchev–Trinajstić information content (AvgIpc) is 2.69. The van der Waals surface area contributed by atoms with Crippen LogP contribution in [0.15, 0.2) is 54.9 Å². The summed E-state index contributed by atoms with van der Waals surface area (Å²) in [5.41, 5.74) is 1.61. The molecule has 1 amide bonds. The topological polar surface area (TPSA) is 67.4 Å². The van der Waals surface area contributed by atoms with Crippen LogP contribution < -0.4 is 10.2 Å². The number of anilines is 2. The molecule has 0 atom stereocenters. The zero-order chi connectivity index (χ0) is 17.8. The van der Waals surface area contributed by atoms with E-state index in [-0.39, 0.29) is 5.91 Å². The number of nitrogens with zero attached hydrogens (tertiary/aromatic N) is 3. The lowest BCUT2D eigenvalue weighted by molar-refractivity contribution is -0.115. The first kappa shape index (κ1) is 16.5. The number of carbonyl (C=O) groups is 1. The van der Waals surface area contributed by atoms with E-state index in [0.717, 1.165) is 29.4 Å². The second kappa shape index (κ2) is 7.49. The molecular weight excluding hydrogens is 328 g/mol. The SMILES string of the molecule is O=C(Cc1cccc2ccccc12)Nc1cnc(N2CCOCC2)nc1. The minimum atomic E-state index is -0.0796. The first-order valence-corrected chi connectivity index (χ1v) is 8.71. The van der Waals surface area contributed by atoms with E-state index in [0.29, 0.717) is 31.3 Å². The highest BCUT2D eigenvalue weighted by molar-refractivity contribution is 5.96. The highest BCUT2D eigenvalue weighted by atomic mass is 16.5. The number of hydrogen-bond donors (Lipinski definition) is 1. The van der Waals surface area contributed by atoms with Crippen LogP contribution in [0.4, 0.5) is 11.6 Å². The first-order chi connectivity index (χ1) is 12.8. The molecule has 1 aromatic heterocycles. The minimum Gasteiger partial charge on any atom is -0.378 e. The molecule has 0 radical (unpaired) electrons. The maximum Gasteiger partial charge on any atom is 0.228 e. The largest absolute Gasteiger partial charge is 0.378 e. The number of carbonyl (C=O) groups excluding carboxylic acids is 1. The highest BCUT2D eigenvalue weighted by Gasteiger charge is 2.14. The smallest absolute Gasteiger partial charge is 0.228 e. The van der Waals surface area contributed by atoms with E-state index < -0.39 is 0 Å². The number of amides is 1. The number of nitrogens with one attached hydrogen (secondary N) is 1. The standard InChI is InChI=1S/C20H20N4O2/c25-19(12-16-6-3-5-15-4-1-2-7-18(15)16)23-17-13-21-20(22-14-17)24-8-10-26-11-9-24/h1-7,13-14H,8-12H2,(H,23,25). The van der Waals surface area contributed by atoms with Crippen LogP contribution in [-0.4, -0.2) is 42.2 Å². The molecule has 6 nitrogen and oxygen atoms in total. The van der Waals surface area contributed by atoms with Gasteiger partial charge in [0.05, 0.1) is 37.7 Å². The van der Waals surface area contributed by atoms with Crippen molar-refractivity contribution in [3.05, 3.63) is 60.4 Å². The second-order valence-electron chi connectivity index (χ2n) is 6.23. The monoisotopic (exact) mass is 348 g/mol. The molecule has 1 saturated heterocycles. The molecule has 26 heavy (non-hydrogen) atoms. The summed E-state index contributed by atoms with van der Waals surface area (Å²) in [7, 11) is 0. The number of ether oxygens (including phenoxy) is 1. The molecular formula is C20H20N4O2. The van der Waals surface area contributed by atoms with Crippen LogP contribution in [-0.2, 0) is 16.0 Å². The fourth-order valence-electron chi connectivity index (χ4n) is 3.14. The van der Waals surface area contributed by atoms with Crippen molar-refractivity contribution in [3.8, 4) is 0 Å². The van der Waals surface area contributed by atoms with Crippen molar-refractivity contribution in [3.63, 3.8) is 0 Å². The zero-order valence-electron chi connectivity index (χ0n) is 14.4. The highest BCUT2D eigenvalue weighted by Crippen LogP contribution is 2.19. The van der Waals surface area contributed by atoms with Crippen LogP contribution in [0.5, 0.6) is 0 Å². The third-order valence-electron chi connectivity index (χ3n) is 4.45. The second-order valence-corrected chi connectivity index (χ2v) is 6.23. The molecule has 1 aliphatic heterocycles. The predicted octanol–water partition coefficient (Wildman–Crippen LogP) is 2.65. The Morgan fingerprint density at radius 1 is 1.04 bits per heavy atom. The quantitative estimate of drug-likeness (QED) is 0.785. The van der Waals surface area contributed by atoms with Gasteiger partial charge in [-0.3, -0.25) is 4.79 Å². The van der Waals surface area contributed by atoms with Gasteiger partial charge in [0.15, 0.2) is 0 Å². The molecule has 2 heterocycles. The molecule has 132 valence electrons. The third-order valence-corrected chi connectivity index (χ3v) is 4.45. The lowest BCUT2D eigenvalue weighted by atomic mass is 10.0. The van der Waals surface area contributed by atoms with E-state index in [1.807, 2.05) is 30.3 Å². The van der Waals surface area contributed by atoms with Gasteiger partial charge in [-0.2, -0.15) is 0 Å². The third kappa shape index (κ3) is 3.65. The average molecular weight is 348 g/mol. The van der Waals surface area contributed by atoms with Gasteiger partial charge < -0.3 is 15.0 Å². The molecule has 0 bridgehead atoms. The summed E-state index contributed by atoms with van der Waals surface area (Å²) >= 11 is 0. The molecule has 2 aromatic carbocycles. The number of hydrogen-bond acceptors (Lipinski definition) is 5. The maximum atomic E-state index is 12.4. The summed E-state index contributed by atoms with van der Waals surface area (Å²) < 4.78 is 5.33. The van der Waals surface area contributed by atoms with Crippen molar-refractivity contribution in [1.29, 1.82) is 0 Å². The summed E-state index contributed by atoms with van der Waals surface area (Å²) in [6.45, 7) is 2.94. The number of benzene rings is 2. The summed E-state index contributed by atoms with van der Waals surface area (Å²) in [5.74, 6) is 0.587. The Labute approximate surface area is 151 Å². The van der Waals surface area contributed by atoms with E-state index in [1.165, 1.54) is 0 Å². The Morgan fingerprint density at radius 2 is 1.77 bits per heavy atom. The normalized spacial score (nSPS) is 14.4. The van der Waals surface area contributed by atoms with Gasteiger partial charge in [-0.1, -0.05) is 42.5 Å². The van der Waals surface area contributed by atoms with E-state index in [2.05, 4.69) is 32.3 Å². The summed E-state index contributed by atoms with van der Waals surface area (Å²) in [6, 6.07) is 14.1. The Morgan fingerprint density at radius 3 is 2.58 bits per heavy atom. The fraction of sp³-hybridized carbons (Fsp3) is 0.250. The number of aromatic nitrogens is 2. The van der Waals surface area contributed by atoms with Crippen molar-refractivity contribution in [2.24, 2.45) is 0 Å². The molecule has 0 saturated carbocycles.